The molecule has 66 valence electrons. The van der Waals surface area contributed by atoms with Crippen molar-refractivity contribution < 1.29 is 9.50 Å². The van der Waals surface area contributed by atoms with Crippen molar-refractivity contribution in [3.8, 4) is 5.75 Å². The Morgan fingerprint density at radius 3 is 2.75 bits per heavy atom. The average Bonchev–Trinajstić information content (AvgIpc) is 2.08. The Morgan fingerprint density at radius 2 is 2.25 bits per heavy atom. The molecular weight excluding hydrogens is 157 g/mol. The van der Waals surface area contributed by atoms with E-state index in [4.69, 9.17) is 10.8 Å². The highest BCUT2D eigenvalue weighted by molar-refractivity contribution is 5.30. The summed E-state index contributed by atoms with van der Waals surface area (Å²) in [6, 6.07) is 4.05. The molecule has 0 aromatic heterocycles. The Balaban J connectivity index is 2.96. The highest BCUT2D eigenvalue weighted by Gasteiger charge is 2.06. The normalized spacial score (nSPS) is 12.9. The van der Waals surface area contributed by atoms with Crippen LogP contribution in [-0.4, -0.2) is 5.11 Å². The molecule has 3 heteroatoms. The summed E-state index contributed by atoms with van der Waals surface area (Å²) in [5.74, 6) is -0.946. The first kappa shape index (κ1) is 9.00. The van der Waals surface area contributed by atoms with Gasteiger partial charge in [0.25, 0.3) is 0 Å². The highest BCUT2D eigenvalue weighted by Crippen LogP contribution is 2.21. The number of phenols is 1. The van der Waals surface area contributed by atoms with Gasteiger partial charge in [0.05, 0.1) is 0 Å². The zero-order chi connectivity index (χ0) is 9.14. The SMILES string of the molecule is CCC(N)c1ccc(F)c(O)c1. The Bertz CT molecular complexity index is 275. The molecule has 0 amide bonds. The summed E-state index contributed by atoms with van der Waals surface area (Å²) in [6.07, 6.45) is 0.769. The third-order valence-corrected chi connectivity index (χ3v) is 1.84. The Morgan fingerprint density at radius 1 is 1.58 bits per heavy atom. The van der Waals surface area contributed by atoms with E-state index in [1.54, 1.807) is 6.07 Å². The van der Waals surface area contributed by atoms with Crippen LogP contribution in [0.15, 0.2) is 18.2 Å². The molecular formula is C9H12FNO. The predicted octanol–water partition coefficient (Wildman–Crippen LogP) is 1.94. The highest BCUT2D eigenvalue weighted by atomic mass is 19.1. The molecule has 1 atom stereocenters. The smallest absolute Gasteiger partial charge is 0.164 e. The fourth-order valence-electron chi connectivity index (χ4n) is 0.996. The lowest BCUT2D eigenvalue weighted by atomic mass is 10.1. The van der Waals surface area contributed by atoms with Gasteiger partial charge in [0.2, 0.25) is 0 Å². The van der Waals surface area contributed by atoms with Crippen molar-refractivity contribution >= 4 is 0 Å². The molecule has 2 nitrogen and oxygen atoms in total. The second-order valence-corrected chi connectivity index (χ2v) is 2.73. The van der Waals surface area contributed by atoms with Crippen molar-refractivity contribution in [1.29, 1.82) is 0 Å². The average molecular weight is 169 g/mol. The molecule has 1 unspecified atom stereocenters. The minimum absolute atomic E-state index is 0.128. The molecule has 0 fully saturated rings. The predicted molar refractivity (Wildman–Crippen MR) is 45.3 cm³/mol. The monoisotopic (exact) mass is 169 g/mol. The lowest BCUT2D eigenvalue weighted by molar-refractivity contribution is 0.430. The van der Waals surface area contributed by atoms with E-state index in [0.29, 0.717) is 0 Å². The number of nitrogens with two attached hydrogens (primary N) is 1. The first-order valence-electron chi connectivity index (χ1n) is 3.89. The number of aromatic hydroxyl groups is 1. The van der Waals surface area contributed by atoms with Crippen LogP contribution in [0, 0.1) is 5.82 Å². The van der Waals surface area contributed by atoms with Crippen LogP contribution in [0.3, 0.4) is 0 Å². The van der Waals surface area contributed by atoms with Crippen LogP contribution in [-0.2, 0) is 0 Å². The number of benzene rings is 1. The van der Waals surface area contributed by atoms with E-state index in [1.165, 1.54) is 12.1 Å². The largest absolute Gasteiger partial charge is 0.505 e. The first-order chi connectivity index (χ1) is 5.65. The summed E-state index contributed by atoms with van der Waals surface area (Å²) >= 11 is 0. The minimum atomic E-state index is -0.609. The molecule has 0 spiro atoms. The summed E-state index contributed by atoms with van der Waals surface area (Å²) in [5, 5.41) is 9.01. The van der Waals surface area contributed by atoms with Crippen LogP contribution in [0.4, 0.5) is 4.39 Å². The molecule has 0 radical (unpaired) electrons. The molecule has 0 aliphatic rings. The first-order valence-corrected chi connectivity index (χ1v) is 3.89. The maximum Gasteiger partial charge on any atom is 0.164 e. The van der Waals surface area contributed by atoms with E-state index in [1.807, 2.05) is 6.92 Å². The molecule has 12 heavy (non-hydrogen) atoms. The van der Waals surface area contributed by atoms with Gasteiger partial charge in [0, 0.05) is 6.04 Å². The van der Waals surface area contributed by atoms with Gasteiger partial charge in [-0.2, -0.15) is 0 Å². The molecule has 0 saturated heterocycles. The van der Waals surface area contributed by atoms with Gasteiger partial charge in [0.1, 0.15) is 0 Å². The van der Waals surface area contributed by atoms with Gasteiger partial charge in [-0.3, -0.25) is 0 Å². The second kappa shape index (κ2) is 3.54. The third-order valence-electron chi connectivity index (χ3n) is 1.84. The fourth-order valence-corrected chi connectivity index (χ4v) is 0.996. The maximum atomic E-state index is 12.6. The van der Waals surface area contributed by atoms with Crippen molar-refractivity contribution in [3.63, 3.8) is 0 Å². The number of rotatable bonds is 2. The van der Waals surface area contributed by atoms with Gasteiger partial charge in [-0.15, -0.1) is 0 Å². The van der Waals surface area contributed by atoms with Gasteiger partial charge < -0.3 is 10.8 Å². The fraction of sp³-hybridized carbons (Fsp3) is 0.333. The van der Waals surface area contributed by atoms with E-state index >= 15 is 0 Å². The summed E-state index contributed by atoms with van der Waals surface area (Å²) < 4.78 is 12.6. The van der Waals surface area contributed by atoms with E-state index < -0.39 is 5.82 Å². The second-order valence-electron chi connectivity index (χ2n) is 2.73. The van der Waals surface area contributed by atoms with Gasteiger partial charge in [0.15, 0.2) is 11.6 Å². The molecule has 1 rings (SSSR count). The molecule has 0 heterocycles. The van der Waals surface area contributed by atoms with Crippen LogP contribution < -0.4 is 5.73 Å². The lowest BCUT2D eigenvalue weighted by Crippen LogP contribution is -2.08. The lowest BCUT2D eigenvalue weighted by Gasteiger charge is -2.08. The number of phenolic OH excluding ortho intramolecular Hbond substituents is 1. The number of halogens is 1. The van der Waals surface area contributed by atoms with Crippen molar-refractivity contribution in [2.45, 2.75) is 19.4 Å². The van der Waals surface area contributed by atoms with Gasteiger partial charge >= 0.3 is 0 Å². The molecule has 0 aliphatic heterocycles. The van der Waals surface area contributed by atoms with E-state index in [-0.39, 0.29) is 11.8 Å². The van der Waals surface area contributed by atoms with Crippen LogP contribution >= 0.6 is 0 Å². The van der Waals surface area contributed by atoms with Crippen LogP contribution in [0.2, 0.25) is 0 Å². The Kier molecular flexibility index (Phi) is 2.65. The Hall–Kier alpha value is -1.09. The van der Waals surface area contributed by atoms with Gasteiger partial charge in [-0.25, -0.2) is 4.39 Å². The summed E-state index contributed by atoms with van der Waals surface area (Å²) in [6.45, 7) is 1.94. The maximum absolute atomic E-state index is 12.6. The quantitative estimate of drug-likeness (QED) is 0.710. The Labute approximate surface area is 70.8 Å². The third kappa shape index (κ3) is 1.74. The standard InChI is InChI=1S/C9H12FNO/c1-2-8(11)6-3-4-7(10)9(12)5-6/h3-5,8,12H,2,11H2,1H3. The molecule has 1 aromatic rings. The van der Waals surface area contributed by atoms with Crippen molar-refractivity contribution in [3.05, 3.63) is 29.6 Å². The van der Waals surface area contributed by atoms with E-state index in [2.05, 4.69) is 0 Å². The number of hydrogen-bond donors (Lipinski definition) is 2. The van der Waals surface area contributed by atoms with E-state index in [0.717, 1.165) is 12.0 Å². The zero-order valence-corrected chi connectivity index (χ0v) is 6.92. The van der Waals surface area contributed by atoms with Crippen LogP contribution in [0.5, 0.6) is 5.75 Å². The summed E-state index contributed by atoms with van der Waals surface area (Å²) in [7, 11) is 0. The van der Waals surface area contributed by atoms with Crippen molar-refractivity contribution in [2.75, 3.05) is 0 Å². The van der Waals surface area contributed by atoms with Crippen molar-refractivity contribution in [1.82, 2.24) is 0 Å². The summed E-state index contributed by atoms with van der Waals surface area (Å²) in [4.78, 5) is 0. The minimum Gasteiger partial charge on any atom is -0.505 e. The van der Waals surface area contributed by atoms with E-state index in [9.17, 15) is 4.39 Å². The molecule has 3 N–H and O–H groups in total. The molecule has 1 aromatic carbocycles. The summed E-state index contributed by atoms with van der Waals surface area (Å²) in [5.41, 5.74) is 6.44. The zero-order valence-electron chi connectivity index (χ0n) is 6.92. The topological polar surface area (TPSA) is 46.2 Å². The molecule has 0 bridgehead atoms. The van der Waals surface area contributed by atoms with Crippen LogP contribution in [0.1, 0.15) is 24.9 Å². The molecule has 0 saturated carbocycles. The number of hydrogen-bond acceptors (Lipinski definition) is 2. The van der Waals surface area contributed by atoms with Crippen molar-refractivity contribution in [2.24, 2.45) is 5.73 Å². The van der Waals surface area contributed by atoms with Crippen LogP contribution in [0.25, 0.3) is 0 Å². The van der Waals surface area contributed by atoms with Gasteiger partial charge in [-0.05, 0) is 24.1 Å². The molecule has 0 aliphatic carbocycles. The van der Waals surface area contributed by atoms with Gasteiger partial charge in [-0.1, -0.05) is 13.0 Å².